The maximum Gasteiger partial charge on any atom is 0.352 e. The summed E-state index contributed by atoms with van der Waals surface area (Å²) in [4.78, 5) is 40.3. The molecular weight excluding hydrogens is 448 g/mol. The minimum Gasteiger partial charge on any atom is -0.496 e. The number of aliphatic hydroxyl groups excluding tert-OH is 1. The average Bonchev–Trinajstić information content (AvgIpc) is 2.98. The molecular formula is C24H31ClN2O6. The fourth-order valence-electron chi connectivity index (χ4n) is 4.97. The van der Waals surface area contributed by atoms with Gasteiger partial charge in [0, 0.05) is 30.0 Å². The number of ether oxygens (including phenoxy) is 1. The Morgan fingerprint density at radius 2 is 2.00 bits per heavy atom. The summed E-state index contributed by atoms with van der Waals surface area (Å²) >= 11 is 6.34. The standard InChI is InChI=1S/C24H31ClN2O6/c1-12-16(22(24(31)32)27-21(12)19(14(3)28)23(27)30)11-26(4)10-6-7-17(29)15-8-9-18(33-5)13(2)20(15)25/h8-9,12,14,19,21,28H,6-7,10-11H2,1-5H3,(H,31,32)/t12-,14+,19+,21+/m0/s1. The zero-order chi connectivity index (χ0) is 24.6. The number of nitrogens with zero attached hydrogens (tertiary/aromatic N) is 2. The predicted molar refractivity (Wildman–Crippen MR) is 123 cm³/mol. The summed E-state index contributed by atoms with van der Waals surface area (Å²) in [7, 11) is 3.41. The van der Waals surface area contributed by atoms with Crippen LogP contribution in [-0.4, -0.2) is 77.1 Å². The molecule has 0 aromatic heterocycles. The van der Waals surface area contributed by atoms with Crippen LogP contribution in [0.25, 0.3) is 0 Å². The second-order valence-corrected chi connectivity index (χ2v) is 9.33. The molecule has 0 unspecified atom stereocenters. The Hall–Kier alpha value is -2.42. The number of carbonyl (C=O) groups excluding carboxylic acids is 2. The Morgan fingerprint density at radius 3 is 2.58 bits per heavy atom. The molecule has 0 aliphatic carbocycles. The molecule has 0 bridgehead atoms. The number of β-lactam (4-membered cyclic amide) rings is 1. The van der Waals surface area contributed by atoms with Crippen molar-refractivity contribution in [1.29, 1.82) is 0 Å². The highest BCUT2D eigenvalue weighted by atomic mass is 35.5. The van der Waals surface area contributed by atoms with Gasteiger partial charge in [0.1, 0.15) is 11.4 Å². The number of aliphatic hydroxyl groups is 1. The van der Waals surface area contributed by atoms with Crippen LogP contribution < -0.4 is 4.74 Å². The van der Waals surface area contributed by atoms with E-state index in [1.165, 1.54) is 4.90 Å². The lowest BCUT2D eigenvalue weighted by Gasteiger charge is -2.46. The second-order valence-electron chi connectivity index (χ2n) is 8.95. The van der Waals surface area contributed by atoms with Gasteiger partial charge >= 0.3 is 5.97 Å². The quantitative estimate of drug-likeness (QED) is 0.393. The van der Waals surface area contributed by atoms with E-state index >= 15 is 0 Å². The monoisotopic (exact) mass is 478 g/mol. The average molecular weight is 479 g/mol. The van der Waals surface area contributed by atoms with Crippen LogP contribution in [0.2, 0.25) is 5.02 Å². The highest BCUT2D eigenvalue weighted by molar-refractivity contribution is 6.34. The van der Waals surface area contributed by atoms with Gasteiger partial charge in [0.2, 0.25) is 5.91 Å². The summed E-state index contributed by atoms with van der Waals surface area (Å²) in [6.45, 7) is 6.20. The van der Waals surface area contributed by atoms with Crippen LogP contribution in [0.15, 0.2) is 23.4 Å². The number of Topliss-reactive ketones (excluding diaryl/α,β-unsaturated/α-hetero) is 1. The molecule has 2 aliphatic rings. The minimum absolute atomic E-state index is 0.0258. The summed E-state index contributed by atoms with van der Waals surface area (Å²) in [6, 6.07) is 3.08. The zero-order valence-corrected chi connectivity index (χ0v) is 20.3. The molecule has 33 heavy (non-hydrogen) atoms. The van der Waals surface area contributed by atoms with Gasteiger partial charge in [0.25, 0.3) is 0 Å². The molecule has 1 amide bonds. The third-order valence-corrected chi connectivity index (χ3v) is 7.25. The van der Waals surface area contributed by atoms with Crippen LogP contribution in [0.3, 0.4) is 0 Å². The third-order valence-electron chi connectivity index (χ3n) is 6.76. The Balaban J connectivity index is 1.62. The van der Waals surface area contributed by atoms with Crippen LogP contribution in [0.1, 0.15) is 42.6 Å². The molecule has 180 valence electrons. The number of amides is 1. The Kier molecular flexibility index (Phi) is 7.51. The number of hydrogen-bond acceptors (Lipinski definition) is 6. The van der Waals surface area contributed by atoms with Crippen molar-refractivity contribution in [2.75, 3.05) is 27.2 Å². The Morgan fingerprint density at radius 1 is 1.33 bits per heavy atom. The number of carboxylic acid groups (broad SMARTS) is 1. The van der Waals surface area contributed by atoms with Crippen molar-refractivity contribution in [2.24, 2.45) is 11.8 Å². The fourth-order valence-corrected chi connectivity index (χ4v) is 5.23. The lowest BCUT2D eigenvalue weighted by Crippen LogP contribution is -2.63. The van der Waals surface area contributed by atoms with Crippen LogP contribution in [-0.2, 0) is 9.59 Å². The molecule has 1 fully saturated rings. The number of benzene rings is 1. The van der Waals surface area contributed by atoms with Gasteiger partial charge in [-0.3, -0.25) is 9.59 Å². The van der Waals surface area contributed by atoms with Crippen LogP contribution in [0.5, 0.6) is 5.75 Å². The lowest BCUT2D eigenvalue weighted by atomic mass is 9.77. The number of halogens is 1. The maximum absolute atomic E-state index is 12.7. The number of aliphatic carboxylic acids is 1. The fraction of sp³-hybridized carbons (Fsp3) is 0.542. The molecule has 1 saturated heterocycles. The molecule has 9 heteroatoms. The van der Waals surface area contributed by atoms with E-state index in [1.807, 2.05) is 18.9 Å². The number of likely N-dealkylation sites (N-methyl/N-ethyl adjacent to an activating group) is 1. The van der Waals surface area contributed by atoms with Crippen molar-refractivity contribution in [3.63, 3.8) is 0 Å². The van der Waals surface area contributed by atoms with E-state index in [2.05, 4.69) is 0 Å². The van der Waals surface area contributed by atoms with Crippen molar-refractivity contribution >= 4 is 29.3 Å². The van der Waals surface area contributed by atoms with E-state index in [-0.39, 0.29) is 29.3 Å². The molecule has 0 spiro atoms. The van der Waals surface area contributed by atoms with Gasteiger partial charge < -0.3 is 24.7 Å². The molecule has 1 aromatic carbocycles. The first-order chi connectivity index (χ1) is 15.5. The van der Waals surface area contributed by atoms with E-state index in [9.17, 15) is 24.6 Å². The molecule has 4 atom stereocenters. The van der Waals surface area contributed by atoms with Gasteiger partial charge in [-0.05, 0) is 51.6 Å². The summed E-state index contributed by atoms with van der Waals surface area (Å²) < 4.78 is 5.23. The Bertz CT molecular complexity index is 1000. The van der Waals surface area contributed by atoms with Crippen LogP contribution >= 0.6 is 11.6 Å². The van der Waals surface area contributed by atoms with E-state index < -0.39 is 18.0 Å². The maximum atomic E-state index is 12.7. The molecule has 1 aromatic rings. The molecule has 0 radical (unpaired) electrons. The van der Waals surface area contributed by atoms with Gasteiger partial charge in [0.15, 0.2) is 5.78 Å². The topological polar surface area (TPSA) is 107 Å². The Labute approximate surface area is 198 Å². The van der Waals surface area contributed by atoms with Gasteiger partial charge in [-0.25, -0.2) is 4.79 Å². The van der Waals surface area contributed by atoms with E-state index in [0.29, 0.717) is 47.8 Å². The number of methoxy groups -OCH3 is 1. The number of rotatable bonds is 10. The summed E-state index contributed by atoms with van der Waals surface area (Å²) in [5.41, 5.74) is 1.88. The van der Waals surface area contributed by atoms with Crippen molar-refractivity contribution in [1.82, 2.24) is 9.80 Å². The molecule has 0 saturated carbocycles. The highest BCUT2D eigenvalue weighted by Crippen LogP contribution is 2.47. The summed E-state index contributed by atoms with van der Waals surface area (Å²) in [5, 5.41) is 20.1. The largest absolute Gasteiger partial charge is 0.496 e. The van der Waals surface area contributed by atoms with Crippen molar-refractivity contribution in [3.05, 3.63) is 39.6 Å². The lowest BCUT2D eigenvalue weighted by molar-refractivity contribution is -0.163. The molecule has 2 aliphatic heterocycles. The van der Waals surface area contributed by atoms with Gasteiger partial charge in [-0.15, -0.1) is 0 Å². The van der Waals surface area contributed by atoms with E-state index in [0.717, 1.165) is 5.56 Å². The zero-order valence-electron chi connectivity index (χ0n) is 19.6. The molecule has 8 nitrogen and oxygen atoms in total. The predicted octanol–water partition coefficient (Wildman–Crippen LogP) is 2.75. The number of fused-ring (bicyclic) bond motifs is 1. The number of ketones is 1. The molecule has 3 rings (SSSR count). The van der Waals surface area contributed by atoms with Crippen molar-refractivity contribution < 1.29 is 29.3 Å². The van der Waals surface area contributed by atoms with Crippen molar-refractivity contribution in [3.8, 4) is 5.75 Å². The minimum atomic E-state index is -1.13. The highest BCUT2D eigenvalue weighted by Gasteiger charge is 2.59. The summed E-state index contributed by atoms with van der Waals surface area (Å²) in [5.74, 6) is -1.65. The van der Waals surface area contributed by atoms with E-state index in [4.69, 9.17) is 16.3 Å². The number of carbonyl (C=O) groups is 3. The van der Waals surface area contributed by atoms with Crippen LogP contribution in [0.4, 0.5) is 0 Å². The third kappa shape index (κ3) is 4.52. The van der Waals surface area contributed by atoms with Gasteiger partial charge in [0.05, 0.1) is 30.2 Å². The first kappa shape index (κ1) is 25.2. The second kappa shape index (κ2) is 9.83. The molecule has 2 N–H and O–H groups in total. The SMILES string of the molecule is COc1ccc(C(=O)CCCN(C)CC2=C(C(=O)O)N3C(=O)[C@H]([C@@H](C)O)[C@H]3[C@H]2C)c(Cl)c1C. The first-order valence-corrected chi connectivity index (χ1v) is 11.4. The van der Waals surface area contributed by atoms with Gasteiger partial charge in [-0.2, -0.15) is 0 Å². The smallest absolute Gasteiger partial charge is 0.352 e. The normalized spacial score (nSPS) is 23.0. The summed E-state index contributed by atoms with van der Waals surface area (Å²) in [6.07, 6.45) is 0.0456. The number of carboxylic acids is 1. The van der Waals surface area contributed by atoms with Gasteiger partial charge in [-0.1, -0.05) is 18.5 Å². The van der Waals surface area contributed by atoms with E-state index in [1.54, 1.807) is 33.1 Å². The van der Waals surface area contributed by atoms with Crippen LogP contribution in [0, 0.1) is 18.8 Å². The number of hydrogen-bond donors (Lipinski definition) is 2. The van der Waals surface area contributed by atoms with Crippen molar-refractivity contribution in [2.45, 2.75) is 45.8 Å². The first-order valence-electron chi connectivity index (χ1n) is 11.0. The molecule has 2 heterocycles.